The molecule has 7 aromatic carbocycles. The minimum absolute atomic E-state index is 0.943. The number of aromatic nitrogens is 2. The zero-order chi connectivity index (χ0) is 30.2. The van der Waals surface area contributed by atoms with E-state index in [2.05, 4.69) is 108 Å². The molecule has 1 N–H and O–H groups in total. The molecule has 0 unspecified atom stereocenters. The Balaban J connectivity index is 1.39. The third-order valence-electron chi connectivity index (χ3n) is 8.72. The Morgan fingerprint density at radius 1 is 0.489 bits per heavy atom. The van der Waals surface area contributed by atoms with Crippen LogP contribution in [0.4, 0.5) is 0 Å². The second-order valence-corrected chi connectivity index (χ2v) is 14.5. The SMILES string of the molecule is O[PH](c1ccccc1)(c1ccccc1)c1ccc(-c2cc3ccccc3c3c2c(-c2ccccc2)nn3-c2ccccc2)cc1. The fourth-order valence-electron chi connectivity index (χ4n) is 6.52. The van der Waals surface area contributed by atoms with Crippen molar-refractivity contribution in [3.63, 3.8) is 0 Å². The summed E-state index contributed by atoms with van der Waals surface area (Å²) < 4.78 is 2.09. The van der Waals surface area contributed by atoms with Crippen LogP contribution in [-0.4, -0.2) is 14.7 Å². The molecule has 0 aliphatic heterocycles. The van der Waals surface area contributed by atoms with E-state index in [1.54, 1.807) is 0 Å². The van der Waals surface area contributed by atoms with Crippen molar-refractivity contribution in [1.29, 1.82) is 0 Å². The number of nitrogens with zero attached hydrogens (tertiary/aromatic N) is 2. The summed E-state index contributed by atoms with van der Waals surface area (Å²) in [5.74, 6) is 0. The van der Waals surface area contributed by atoms with Gasteiger partial charge in [0.05, 0.1) is 0 Å². The summed E-state index contributed by atoms with van der Waals surface area (Å²) in [6.45, 7) is 0. The van der Waals surface area contributed by atoms with E-state index in [0.29, 0.717) is 0 Å². The van der Waals surface area contributed by atoms with E-state index in [9.17, 15) is 4.89 Å². The fraction of sp³-hybridized carbons (Fsp3) is 0. The van der Waals surface area contributed by atoms with E-state index in [4.69, 9.17) is 5.10 Å². The van der Waals surface area contributed by atoms with Crippen LogP contribution < -0.4 is 15.9 Å². The molecule has 0 radical (unpaired) electrons. The van der Waals surface area contributed by atoms with E-state index in [0.717, 1.165) is 65.7 Å². The summed E-state index contributed by atoms with van der Waals surface area (Å²) in [4.78, 5) is 12.5. The molecule has 0 saturated carbocycles. The van der Waals surface area contributed by atoms with Crippen molar-refractivity contribution in [2.75, 3.05) is 0 Å². The number of hydrogen-bond acceptors (Lipinski definition) is 2. The molecule has 0 aliphatic carbocycles. The number of fused-ring (bicyclic) bond motifs is 3. The summed E-state index contributed by atoms with van der Waals surface area (Å²) in [7, 11) is -3.22. The van der Waals surface area contributed by atoms with Gasteiger partial charge in [0, 0.05) is 0 Å². The molecule has 216 valence electrons. The molecule has 1 aromatic heterocycles. The molecule has 0 aliphatic rings. The molecule has 0 bridgehead atoms. The zero-order valence-electron chi connectivity index (χ0n) is 24.6. The third kappa shape index (κ3) is 4.65. The van der Waals surface area contributed by atoms with Gasteiger partial charge < -0.3 is 0 Å². The van der Waals surface area contributed by atoms with Crippen LogP contribution in [0.25, 0.3) is 49.7 Å². The zero-order valence-corrected chi connectivity index (χ0v) is 25.6. The van der Waals surface area contributed by atoms with Gasteiger partial charge in [-0.1, -0.05) is 0 Å². The van der Waals surface area contributed by atoms with Crippen molar-refractivity contribution in [3.8, 4) is 28.1 Å². The van der Waals surface area contributed by atoms with E-state index in [1.807, 2.05) is 72.8 Å². The van der Waals surface area contributed by atoms with Gasteiger partial charge in [0.1, 0.15) is 0 Å². The Kier molecular flexibility index (Phi) is 6.84. The van der Waals surface area contributed by atoms with Gasteiger partial charge in [-0.25, -0.2) is 0 Å². The topological polar surface area (TPSA) is 38.1 Å². The number of hydrogen-bond donors (Lipinski definition) is 1. The van der Waals surface area contributed by atoms with Gasteiger partial charge in [-0.2, -0.15) is 0 Å². The molecule has 45 heavy (non-hydrogen) atoms. The van der Waals surface area contributed by atoms with E-state index < -0.39 is 7.49 Å². The Morgan fingerprint density at radius 3 is 1.62 bits per heavy atom. The second kappa shape index (κ2) is 11.3. The third-order valence-corrected chi connectivity index (χ3v) is 12.2. The molecule has 0 spiro atoms. The number of para-hydroxylation sites is 1. The maximum absolute atomic E-state index is 12.5. The van der Waals surface area contributed by atoms with Crippen LogP contribution in [0.3, 0.4) is 0 Å². The van der Waals surface area contributed by atoms with Crippen molar-refractivity contribution in [1.82, 2.24) is 9.78 Å². The maximum atomic E-state index is 12.5. The Labute approximate surface area is 263 Å². The van der Waals surface area contributed by atoms with Crippen LogP contribution in [-0.2, 0) is 0 Å². The average molecular weight is 599 g/mol. The minimum atomic E-state index is -3.22. The van der Waals surface area contributed by atoms with E-state index in [-0.39, 0.29) is 0 Å². The summed E-state index contributed by atoms with van der Waals surface area (Å²) in [5.41, 5.74) is 6.30. The summed E-state index contributed by atoms with van der Waals surface area (Å²) in [5, 5.41) is 11.6. The fourth-order valence-corrected chi connectivity index (χ4v) is 9.52. The Bertz CT molecular complexity index is 2210. The van der Waals surface area contributed by atoms with Crippen LogP contribution in [0, 0.1) is 0 Å². The van der Waals surface area contributed by atoms with Gasteiger partial charge >= 0.3 is 264 Å². The first-order valence-electron chi connectivity index (χ1n) is 15.2. The van der Waals surface area contributed by atoms with Crippen LogP contribution in [0.1, 0.15) is 0 Å². The van der Waals surface area contributed by atoms with Crippen LogP contribution in [0.5, 0.6) is 0 Å². The van der Waals surface area contributed by atoms with Gasteiger partial charge in [0.2, 0.25) is 0 Å². The summed E-state index contributed by atoms with van der Waals surface area (Å²) in [6, 6.07) is 60.4. The standard InChI is InChI=1S/C41H31N2OP/c44-45(34-20-9-3-10-21-34,35-22-11-4-12-23-35)36-27-25-30(26-28-36)38-29-32-17-13-14-24-37(32)41-39(38)40(31-15-5-1-6-16-31)42-43(41)33-18-7-2-8-19-33/h1-29,44-45H. The van der Waals surface area contributed by atoms with Gasteiger partial charge in [0.15, 0.2) is 0 Å². The first-order chi connectivity index (χ1) is 22.2. The molecule has 1 heterocycles. The van der Waals surface area contributed by atoms with Crippen LogP contribution >= 0.6 is 7.49 Å². The van der Waals surface area contributed by atoms with Gasteiger partial charge in [-0.3, -0.25) is 0 Å². The van der Waals surface area contributed by atoms with Crippen LogP contribution in [0.15, 0.2) is 176 Å². The first-order valence-corrected chi connectivity index (χ1v) is 17.2. The molecular formula is C41H31N2OP. The molecule has 0 saturated heterocycles. The molecule has 4 heteroatoms. The molecule has 3 nitrogen and oxygen atoms in total. The molecular weight excluding hydrogens is 567 g/mol. The molecule has 0 atom stereocenters. The van der Waals surface area contributed by atoms with Gasteiger partial charge in [-0.15, -0.1) is 0 Å². The first kappa shape index (κ1) is 27.2. The number of rotatable bonds is 6. The van der Waals surface area contributed by atoms with Crippen molar-refractivity contribution in [3.05, 3.63) is 176 Å². The van der Waals surface area contributed by atoms with Crippen molar-refractivity contribution in [2.24, 2.45) is 0 Å². The molecule has 8 aromatic rings. The molecule has 0 fully saturated rings. The van der Waals surface area contributed by atoms with Crippen molar-refractivity contribution in [2.45, 2.75) is 0 Å². The van der Waals surface area contributed by atoms with E-state index in [1.165, 1.54) is 0 Å². The second-order valence-electron chi connectivity index (χ2n) is 11.4. The molecule has 0 amide bonds. The molecule has 8 rings (SSSR count). The van der Waals surface area contributed by atoms with E-state index >= 15 is 0 Å². The van der Waals surface area contributed by atoms with Crippen LogP contribution in [0.2, 0.25) is 0 Å². The Hall–Kier alpha value is -5.34. The number of benzene rings is 7. The average Bonchev–Trinajstić information content (AvgIpc) is 3.54. The van der Waals surface area contributed by atoms with Gasteiger partial charge in [0.25, 0.3) is 0 Å². The van der Waals surface area contributed by atoms with Crippen molar-refractivity contribution >= 4 is 45.1 Å². The predicted molar refractivity (Wildman–Crippen MR) is 192 cm³/mol. The predicted octanol–water partition coefficient (Wildman–Crippen LogP) is 8.45. The quantitative estimate of drug-likeness (QED) is 0.195. The normalized spacial score (nSPS) is 12.0. The Morgan fingerprint density at radius 2 is 1.00 bits per heavy atom. The van der Waals surface area contributed by atoms with Gasteiger partial charge in [-0.05, 0) is 0 Å². The van der Waals surface area contributed by atoms with Crippen molar-refractivity contribution < 1.29 is 4.89 Å². The monoisotopic (exact) mass is 598 g/mol. The summed E-state index contributed by atoms with van der Waals surface area (Å²) >= 11 is 0. The summed E-state index contributed by atoms with van der Waals surface area (Å²) in [6.07, 6.45) is 0.